The van der Waals surface area contributed by atoms with Crippen LogP contribution in [0, 0.1) is 0 Å². The lowest BCUT2D eigenvalue weighted by molar-refractivity contribution is -0.120. The van der Waals surface area contributed by atoms with E-state index in [4.69, 9.17) is 16.3 Å². The first-order valence-electron chi connectivity index (χ1n) is 6.82. The third-order valence-corrected chi connectivity index (χ3v) is 2.97. The topological polar surface area (TPSA) is 76.1 Å². The normalized spacial score (nSPS) is 14.1. The first-order chi connectivity index (χ1) is 9.67. The fraction of sp³-hybridized carbons (Fsp3) is 0.615. The van der Waals surface area contributed by atoms with Crippen LogP contribution in [0.4, 0.5) is 5.82 Å². The van der Waals surface area contributed by atoms with E-state index >= 15 is 0 Å². The zero-order chi connectivity index (χ0) is 14.4. The number of amides is 1. The van der Waals surface area contributed by atoms with Crippen LogP contribution in [0.15, 0.2) is 6.07 Å². The Morgan fingerprint density at radius 2 is 2.30 bits per heavy atom. The molecule has 0 unspecified atom stereocenters. The number of nitrogens with one attached hydrogen (secondary N) is 2. The zero-order valence-corrected chi connectivity index (χ0v) is 12.2. The molecule has 7 heteroatoms. The van der Waals surface area contributed by atoms with Crippen LogP contribution >= 0.6 is 11.6 Å². The van der Waals surface area contributed by atoms with E-state index in [1.54, 1.807) is 6.07 Å². The fourth-order valence-corrected chi connectivity index (χ4v) is 1.85. The van der Waals surface area contributed by atoms with Gasteiger partial charge in [-0.05, 0) is 19.8 Å². The van der Waals surface area contributed by atoms with Crippen LogP contribution in [0.1, 0.15) is 32.0 Å². The number of halogens is 1. The summed E-state index contributed by atoms with van der Waals surface area (Å²) in [6, 6.07) is 2.03. The molecule has 6 nitrogen and oxygen atoms in total. The smallest absolute Gasteiger partial charge is 0.221 e. The van der Waals surface area contributed by atoms with Gasteiger partial charge in [-0.2, -0.15) is 0 Å². The molecule has 0 saturated heterocycles. The Kier molecular flexibility index (Phi) is 5.55. The standard InChI is InChI=1S/C13H19ClN4O2/c1-2-20-8-12-17-10(14)7-11(18-12)15-6-5-13(19)16-9-3-4-9/h7,9H,2-6,8H2,1H3,(H,16,19)(H,15,17,18). The van der Waals surface area contributed by atoms with E-state index in [2.05, 4.69) is 20.6 Å². The Balaban J connectivity index is 1.78. The van der Waals surface area contributed by atoms with Crippen LogP contribution in [-0.4, -0.2) is 35.1 Å². The number of hydrogen-bond donors (Lipinski definition) is 2. The van der Waals surface area contributed by atoms with E-state index in [0.717, 1.165) is 12.8 Å². The third-order valence-electron chi connectivity index (χ3n) is 2.78. The highest BCUT2D eigenvalue weighted by Crippen LogP contribution is 2.18. The van der Waals surface area contributed by atoms with Crippen molar-refractivity contribution in [3.8, 4) is 0 Å². The van der Waals surface area contributed by atoms with Gasteiger partial charge in [0, 0.05) is 31.7 Å². The van der Waals surface area contributed by atoms with Crippen molar-refractivity contribution in [2.75, 3.05) is 18.5 Å². The molecule has 0 bridgehead atoms. The third kappa shape index (κ3) is 5.30. The summed E-state index contributed by atoms with van der Waals surface area (Å²) in [6.45, 7) is 3.34. The van der Waals surface area contributed by atoms with Gasteiger partial charge in [-0.15, -0.1) is 0 Å². The number of carbonyl (C=O) groups excluding carboxylic acids is 1. The number of rotatable bonds is 8. The monoisotopic (exact) mass is 298 g/mol. The minimum Gasteiger partial charge on any atom is -0.374 e. The van der Waals surface area contributed by atoms with Gasteiger partial charge in [0.05, 0.1) is 0 Å². The molecule has 0 radical (unpaired) electrons. The lowest BCUT2D eigenvalue weighted by Crippen LogP contribution is -2.27. The zero-order valence-electron chi connectivity index (χ0n) is 11.5. The maximum Gasteiger partial charge on any atom is 0.221 e. The van der Waals surface area contributed by atoms with Gasteiger partial charge in [0.25, 0.3) is 0 Å². The van der Waals surface area contributed by atoms with Crippen LogP contribution in [-0.2, 0) is 16.1 Å². The molecule has 1 amide bonds. The molecule has 0 aliphatic heterocycles. The van der Waals surface area contributed by atoms with Crippen molar-refractivity contribution in [2.45, 2.75) is 38.8 Å². The van der Waals surface area contributed by atoms with Crippen molar-refractivity contribution in [1.29, 1.82) is 0 Å². The second-order valence-corrected chi connectivity index (χ2v) is 5.04. The highest BCUT2D eigenvalue weighted by molar-refractivity contribution is 6.29. The molecule has 0 spiro atoms. The van der Waals surface area contributed by atoms with Crippen molar-refractivity contribution >= 4 is 23.3 Å². The Morgan fingerprint density at radius 3 is 3.00 bits per heavy atom. The lowest BCUT2D eigenvalue weighted by atomic mass is 10.4. The predicted molar refractivity (Wildman–Crippen MR) is 76.6 cm³/mol. The molecule has 2 rings (SSSR count). The molecule has 0 aromatic carbocycles. The number of carbonyl (C=O) groups is 1. The van der Waals surface area contributed by atoms with Gasteiger partial charge in [-0.1, -0.05) is 11.6 Å². The van der Waals surface area contributed by atoms with E-state index in [-0.39, 0.29) is 5.91 Å². The van der Waals surface area contributed by atoms with E-state index < -0.39 is 0 Å². The minimum absolute atomic E-state index is 0.0645. The Hall–Kier alpha value is -1.40. The van der Waals surface area contributed by atoms with Crippen molar-refractivity contribution in [1.82, 2.24) is 15.3 Å². The average molecular weight is 299 g/mol. The number of hydrogen-bond acceptors (Lipinski definition) is 5. The maximum atomic E-state index is 11.5. The summed E-state index contributed by atoms with van der Waals surface area (Å²) in [5.74, 6) is 1.21. The molecule has 0 atom stereocenters. The maximum absolute atomic E-state index is 11.5. The second-order valence-electron chi connectivity index (χ2n) is 4.65. The van der Waals surface area contributed by atoms with Crippen LogP contribution in [0.2, 0.25) is 5.15 Å². The van der Waals surface area contributed by atoms with Crippen LogP contribution < -0.4 is 10.6 Å². The molecule has 1 saturated carbocycles. The molecule has 20 heavy (non-hydrogen) atoms. The van der Waals surface area contributed by atoms with Crippen LogP contribution in [0.5, 0.6) is 0 Å². The van der Waals surface area contributed by atoms with Crippen molar-refractivity contribution in [3.05, 3.63) is 17.0 Å². The molecule has 110 valence electrons. The Labute approximate surface area is 123 Å². The number of anilines is 1. The minimum atomic E-state index is 0.0645. The van der Waals surface area contributed by atoms with Gasteiger partial charge in [0.15, 0.2) is 5.82 Å². The molecular weight excluding hydrogens is 280 g/mol. The number of nitrogens with zero attached hydrogens (tertiary/aromatic N) is 2. The van der Waals surface area contributed by atoms with Crippen LogP contribution in [0.25, 0.3) is 0 Å². The van der Waals surface area contributed by atoms with E-state index in [1.807, 2.05) is 6.92 Å². The summed E-state index contributed by atoms with van der Waals surface area (Å²) < 4.78 is 5.25. The molecule has 1 aromatic rings. The SMILES string of the molecule is CCOCc1nc(Cl)cc(NCCC(=O)NC2CC2)n1. The van der Waals surface area contributed by atoms with Gasteiger partial charge in [-0.3, -0.25) is 4.79 Å². The van der Waals surface area contributed by atoms with Gasteiger partial charge in [0.2, 0.25) is 5.91 Å². The molecule has 2 N–H and O–H groups in total. The summed E-state index contributed by atoms with van der Waals surface area (Å²) in [6.07, 6.45) is 2.61. The molecule has 1 aromatic heterocycles. The summed E-state index contributed by atoms with van der Waals surface area (Å²) >= 11 is 5.92. The molecule has 1 aliphatic carbocycles. The molecule has 1 fully saturated rings. The average Bonchev–Trinajstić information content (AvgIpc) is 3.19. The summed E-state index contributed by atoms with van der Waals surface area (Å²) in [5.41, 5.74) is 0. The summed E-state index contributed by atoms with van der Waals surface area (Å²) in [4.78, 5) is 19.9. The Bertz CT molecular complexity index is 466. The molecule has 1 heterocycles. The summed E-state index contributed by atoms with van der Waals surface area (Å²) in [5, 5.41) is 6.37. The number of aromatic nitrogens is 2. The first kappa shape index (κ1) is 15.0. The predicted octanol–water partition coefficient (Wildman–Crippen LogP) is 1.75. The Morgan fingerprint density at radius 1 is 1.50 bits per heavy atom. The van der Waals surface area contributed by atoms with E-state index in [1.165, 1.54) is 0 Å². The van der Waals surface area contributed by atoms with Crippen molar-refractivity contribution in [3.63, 3.8) is 0 Å². The fourth-order valence-electron chi connectivity index (χ4n) is 1.64. The highest BCUT2D eigenvalue weighted by Gasteiger charge is 2.22. The lowest BCUT2D eigenvalue weighted by Gasteiger charge is -2.08. The van der Waals surface area contributed by atoms with E-state index in [0.29, 0.717) is 49.0 Å². The quantitative estimate of drug-likeness (QED) is 0.715. The number of ether oxygens (including phenoxy) is 1. The largest absolute Gasteiger partial charge is 0.374 e. The second kappa shape index (κ2) is 7.40. The van der Waals surface area contributed by atoms with Crippen molar-refractivity contribution < 1.29 is 9.53 Å². The first-order valence-corrected chi connectivity index (χ1v) is 7.19. The van der Waals surface area contributed by atoms with Gasteiger partial charge < -0.3 is 15.4 Å². The van der Waals surface area contributed by atoms with E-state index in [9.17, 15) is 4.79 Å². The molecular formula is C13H19ClN4O2. The van der Waals surface area contributed by atoms with Gasteiger partial charge in [-0.25, -0.2) is 9.97 Å². The summed E-state index contributed by atoms with van der Waals surface area (Å²) in [7, 11) is 0. The van der Waals surface area contributed by atoms with Gasteiger partial charge in [0.1, 0.15) is 17.6 Å². The molecule has 1 aliphatic rings. The van der Waals surface area contributed by atoms with Crippen LogP contribution in [0.3, 0.4) is 0 Å². The highest BCUT2D eigenvalue weighted by atomic mass is 35.5. The van der Waals surface area contributed by atoms with Gasteiger partial charge >= 0.3 is 0 Å². The van der Waals surface area contributed by atoms with Crippen molar-refractivity contribution in [2.24, 2.45) is 0 Å².